The van der Waals surface area contributed by atoms with Gasteiger partial charge in [0.2, 0.25) is 0 Å². The van der Waals surface area contributed by atoms with Gasteiger partial charge in [-0.05, 0) is 19.3 Å². The fourth-order valence-corrected chi connectivity index (χ4v) is 3.43. The van der Waals surface area contributed by atoms with E-state index in [1.807, 2.05) is 0 Å². The molecule has 1 rings (SSSR count). The summed E-state index contributed by atoms with van der Waals surface area (Å²) in [7, 11) is -0.534. The normalized spacial score (nSPS) is 18.8. The van der Waals surface area contributed by atoms with Gasteiger partial charge in [0, 0.05) is 19.6 Å². The van der Waals surface area contributed by atoms with Crippen molar-refractivity contribution in [2.45, 2.75) is 45.4 Å². The zero-order valence-electron chi connectivity index (χ0n) is 11.0. The first-order valence-electron chi connectivity index (χ1n) is 6.26. The van der Waals surface area contributed by atoms with Crippen molar-refractivity contribution < 1.29 is 18.4 Å². The first-order chi connectivity index (χ1) is 8.02. The summed E-state index contributed by atoms with van der Waals surface area (Å²) in [5, 5.41) is 0. The molecular weight excluding hydrogens is 239 g/mol. The molecule has 4 nitrogen and oxygen atoms in total. The number of carbonyl (C=O) groups excluding carboxylic acids is 1. The molecule has 0 atom stereocenters. The monoisotopic (exact) mass is 262 g/mol. The van der Waals surface area contributed by atoms with Crippen molar-refractivity contribution in [3.05, 3.63) is 0 Å². The molecule has 1 saturated carbocycles. The maximum absolute atomic E-state index is 12.3. The fourth-order valence-electron chi connectivity index (χ4n) is 2.33. The molecule has 0 saturated heterocycles. The fraction of sp³-hybridized carbons (Fsp3) is 0.917. The molecule has 100 valence electrons. The quantitative estimate of drug-likeness (QED) is 0.629. The summed E-state index contributed by atoms with van der Waals surface area (Å²) < 4.78 is 21.6. The molecule has 0 bridgehead atoms. The number of unbranched alkanes of at least 4 members (excludes halogenated alkanes) is 1. The standard InChI is InChI=1S/C12H23O4P/c1-4-5-7-12(8-6-9-12)11(13)10-17(14,15-2)16-3/h4-10H2,1-3H3. The minimum atomic E-state index is -3.19. The van der Waals surface area contributed by atoms with Gasteiger partial charge in [-0.15, -0.1) is 0 Å². The van der Waals surface area contributed by atoms with Gasteiger partial charge in [-0.1, -0.05) is 26.2 Å². The third-order valence-corrected chi connectivity index (χ3v) is 5.59. The van der Waals surface area contributed by atoms with Crippen molar-refractivity contribution in [3.8, 4) is 0 Å². The summed E-state index contributed by atoms with van der Waals surface area (Å²) in [5.41, 5.74) is -0.233. The van der Waals surface area contributed by atoms with E-state index in [0.29, 0.717) is 0 Å². The SMILES string of the molecule is CCCCC1(C(=O)CP(=O)(OC)OC)CCC1. The first-order valence-corrected chi connectivity index (χ1v) is 7.98. The molecule has 1 aliphatic carbocycles. The van der Waals surface area contributed by atoms with Crippen LogP contribution in [0.1, 0.15) is 45.4 Å². The molecule has 0 aromatic carbocycles. The molecule has 0 aliphatic heterocycles. The Morgan fingerprint density at radius 3 is 2.24 bits per heavy atom. The lowest BCUT2D eigenvalue weighted by atomic mass is 9.63. The molecule has 0 N–H and O–H groups in total. The Morgan fingerprint density at radius 1 is 1.29 bits per heavy atom. The number of Topliss-reactive ketones (excluding diaryl/α,β-unsaturated/α-hetero) is 1. The second kappa shape index (κ2) is 6.12. The zero-order valence-corrected chi connectivity index (χ0v) is 11.9. The average Bonchev–Trinajstić information content (AvgIpc) is 2.27. The molecule has 1 fully saturated rings. The predicted octanol–water partition coefficient (Wildman–Crippen LogP) is 3.40. The van der Waals surface area contributed by atoms with Gasteiger partial charge in [0.1, 0.15) is 6.16 Å². The van der Waals surface area contributed by atoms with Gasteiger partial charge in [-0.25, -0.2) is 0 Å². The van der Waals surface area contributed by atoms with E-state index in [1.54, 1.807) is 0 Å². The summed E-state index contributed by atoms with van der Waals surface area (Å²) in [5.74, 6) is 0.0595. The number of rotatable bonds is 8. The third kappa shape index (κ3) is 3.40. The lowest BCUT2D eigenvalue weighted by Gasteiger charge is -2.41. The summed E-state index contributed by atoms with van der Waals surface area (Å²) in [6.07, 6.45) is 5.93. The minimum absolute atomic E-state index is 0.0595. The van der Waals surface area contributed by atoms with E-state index in [4.69, 9.17) is 9.05 Å². The topological polar surface area (TPSA) is 52.6 Å². The van der Waals surface area contributed by atoms with Crippen LogP contribution in [0.15, 0.2) is 0 Å². The van der Waals surface area contributed by atoms with Gasteiger partial charge in [0.25, 0.3) is 0 Å². The van der Waals surface area contributed by atoms with Crippen LogP contribution < -0.4 is 0 Å². The largest absolute Gasteiger partial charge is 0.337 e. The highest BCUT2D eigenvalue weighted by atomic mass is 31.2. The van der Waals surface area contributed by atoms with Crippen LogP contribution in [0.25, 0.3) is 0 Å². The van der Waals surface area contributed by atoms with Crippen molar-refractivity contribution in [2.24, 2.45) is 5.41 Å². The number of hydrogen-bond acceptors (Lipinski definition) is 4. The van der Waals surface area contributed by atoms with E-state index in [2.05, 4.69) is 6.92 Å². The van der Waals surface area contributed by atoms with Gasteiger partial charge in [0.15, 0.2) is 5.78 Å². The molecule has 1 aliphatic rings. The van der Waals surface area contributed by atoms with E-state index in [0.717, 1.165) is 38.5 Å². The first kappa shape index (κ1) is 14.9. The lowest BCUT2D eigenvalue weighted by molar-refractivity contribution is -0.131. The van der Waals surface area contributed by atoms with Crippen LogP contribution in [0, 0.1) is 5.41 Å². The highest BCUT2D eigenvalue weighted by molar-refractivity contribution is 7.54. The molecule has 17 heavy (non-hydrogen) atoms. The Hall–Kier alpha value is -0.180. The molecule has 0 aromatic heterocycles. The molecule has 0 radical (unpaired) electrons. The van der Waals surface area contributed by atoms with Crippen LogP contribution in [0.2, 0.25) is 0 Å². The molecule has 0 aromatic rings. The van der Waals surface area contributed by atoms with Crippen LogP contribution >= 0.6 is 7.60 Å². The van der Waals surface area contributed by atoms with Crippen LogP contribution in [0.4, 0.5) is 0 Å². The van der Waals surface area contributed by atoms with Crippen molar-refractivity contribution in [3.63, 3.8) is 0 Å². The molecule has 0 unspecified atom stereocenters. The third-order valence-electron chi connectivity index (χ3n) is 3.80. The Balaban J connectivity index is 2.64. The van der Waals surface area contributed by atoms with Gasteiger partial charge < -0.3 is 9.05 Å². The van der Waals surface area contributed by atoms with E-state index in [9.17, 15) is 9.36 Å². The number of ketones is 1. The highest BCUT2D eigenvalue weighted by Gasteiger charge is 2.45. The van der Waals surface area contributed by atoms with Crippen molar-refractivity contribution in [2.75, 3.05) is 20.4 Å². The highest BCUT2D eigenvalue weighted by Crippen LogP contribution is 2.52. The molecule has 0 heterocycles. The lowest BCUT2D eigenvalue weighted by Crippen LogP contribution is -2.39. The second-order valence-corrected chi connectivity index (χ2v) is 7.06. The Labute approximate surface area is 104 Å². The molecular formula is C12H23O4P. The Kier molecular flexibility index (Phi) is 5.36. The van der Waals surface area contributed by atoms with Crippen LogP contribution in [0.3, 0.4) is 0 Å². The Bertz CT molecular complexity index is 302. The summed E-state index contributed by atoms with van der Waals surface area (Å²) in [6.45, 7) is 2.12. The number of hydrogen-bond donors (Lipinski definition) is 0. The smallest absolute Gasteiger partial charge is 0.312 e. The van der Waals surface area contributed by atoms with E-state index in [-0.39, 0.29) is 17.4 Å². The van der Waals surface area contributed by atoms with Crippen molar-refractivity contribution in [1.82, 2.24) is 0 Å². The second-order valence-electron chi connectivity index (χ2n) is 4.79. The number of carbonyl (C=O) groups is 1. The van der Waals surface area contributed by atoms with Gasteiger partial charge in [-0.2, -0.15) is 0 Å². The zero-order chi connectivity index (χ0) is 12.9. The maximum atomic E-state index is 12.3. The van der Waals surface area contributed by atoms with Crippen molar-refractivity contribution >= 4 is 13.4 Å². The van der Waals surface area contributed by atoms with Crippen molar-refractivity contribution in [1.29, 1.82) is 0 Å². The van der Waals surface area contributed by atoms with Crippen LogP contribution in [0.5, 0.6) is 0 Å². The summed E-state index contributed by atoms with van der Waals surface area (Å²) in [6, 6.07) is 0. The molecule has 0 amide bonds. The van der Waals surface area contributed by atoms with Crippen LogP contribution in [-0.4, -0.2) is 26.2 Å². The summed E-state index contributed by atoms with van der Waals surface area (Å²) in [4.78, 5) is 12.3. The van der Waals surface area contributed by atoms with Gasteiger partial charge in [0.05, 0.1) is 0 Å². The van der Waals surface area contributed by atoms with E-state index in [1.165, 1.54) is 14.2 Å². The van der Waals surface area contributed by atoms with Crippen LogP contribution in [-0.2, 0) is 18.4 Å². The van der Waals surface area contributed by atoms with E-state index >= 15 is 0 Å². The van der Waals surface area contributed by atoms with Gasteiger partial charge in [-0.3, -0.25) is 9.36 Å². The summed E-state index contributed by atoms with van der Waals surface area (Å²) >= 11 is 0. The molecule has 5 heteroatoms. The average molecular weight is 262 g/mol. The predicted molar refractivity (Wildman–Crippen MR) is 67.3 cm³/mol. The maximum Gasteiger partial charge on any atom is 0.337 e. The molecule has 0 spiro atoms. The minimum Gasteiger partial charge on any atom is -0.312 e. The Morgan fingerprint density at radius 2 is 1.88 bits per heavy atom. The van der Waals surface area contributed by atoms with E-state index < -0.39 is 7.60 Å². The van der Waals surface area contributed by atoms with Gasteiger partial charge >= 0.3 is 7.60 Å².